The van der Waals surface area contributed by atoms with Crippen molar-refractivity contribution in [1.29, 1.82) is 0 Å². The Labute approximate surface area is 193 Å². The van der Waals surface area contributed by atoms with Crippen molar-refractivity contribution in [1.82, 2.24) is 4.90 Å². The summed E-state index contributed by atoms with van der Waals surface area (Å²) in [5, 5.41) is 0. The smallest absolute Gasteiger partial charge is 0.0158 e. The van der Waals surface area contributed by atoms with Gasteiger partial charge in [0.1, 0.15) is 0 Å². The molecule has 0 aromatic heterocycles. The fraction of sp³-hybridized carbons (Fsp3) is 1.00. The number of nitrogens with zero attached hydrogens (tertiary/aromatic N) is 1. The van der Waals surface area contributed by atoms with Gasteiger partial charge in [0, 0.05) is 11.1 Å². The van der Waals surface area contributed by atoms with Crippen LogP contribution in [0.4, 0.5) is 0 Å². The number of unbranched alkanes of at least 4 members (excludes halogenated alkanes) is 14. The van der Waals surface area contributed by atoms with Crippen LogP contribution in [0.25, 0.3) is 0 Å². The molecular weight excluding hydrogens is 362 g/mol. The molecule has 0 N–H and O–H groups in total. The van der Waals surface area contributed by atoms with Crippen molar-refractivity contribution >= 4 is 0 Å². The van der Waals surface area contributed by atoms with Crippen LogP contribution < -0.4 is 0 Å². The van der Waals surface area contributed by atoms with Gasteiger partial charge in [0.25, 0.3) is 0 Å². The third-order valence-corrected chi connectivity index (χ3v) is 7.19. The summed E-state index contributed by atoms with van der Waals surface area (Å²) in [6.07, 6.45) is 26.7. The highest BCUT2D eigenvalue weighted by molar-refractivity contribution is 4.92. The molecule has 0 aromatic carbocycles. The molecule has 0 saturated carbocycles. The molecule has 0 bridgehead atoms. The topological polar surface area (TPSA) is 3.24 Å². The maximum atomic E-state index is 2.86. The van der Waals surface area contributed by atoms with Crippen LogP contribution in [-0.2, 0) is 0 Å². The first-order valence-electron chi connectivity index (χ1n) is 14.1. The fourth-order valence-electron chi connectivity index (χ4n) is 5.30. The van der Waals surface area contributed by atoms with E-state index in [1.807, 2.05) is 0 Å². The van der Waals surface area contributed by atoms with Gasteiger partial charge in [0.05, 0.1) is 0 Å². The van der Waals surface area contributed by atoms with Crippen molar-refractivity contribution in [3.8, 4) is 0 Å². The van der Waals surface area contributed by atoms with Crippen LogP contribution in [-0.4, -0.2) is 22.5 Å². The average molecular weight is 424 g/mol. The van der Waals surface area contributed by atoms with Crippen molar-refractivity contribution in [2.75, 3.05) is 6.54 Å². The third-order valence-electron chi connectivity index (χ3n) is 7.19. The van der Waals surface area contributed by atoms with Gasteiger partial charge in [-0.15, -0.1) is 0 Å². The highest BCUT2D eigenvalue weighted by Crippen LogP contribution is 2.33. The first-order chi connectivity index (χ1) is 14.3. The minimum absolute atomic E-state index is 0.321. The Morgan fingerprint density at radius 2 is 0.700 bits per heavy atom. The molecule has 0 amide bonds. The van der Waals surface area contributed by atoms with Crippen LogP contribution in [0.3, 0.4) is 0 Å². The molecule has 0 unspecified atom stereocenters. The molecule has 1 nitrogen and oxygen atoms in total. The minimum atomic E-state index is 0.321. The van der Waals surface area contributed by atoms with Crippen LogP contribution in [0, 0.1) is 0 Å². The molecule has 0 fully saturated rings. The van der Waals surface area contributed by atoms with Crippen molar-refractivity contribution in [3.63, 3.8) is 0 Å². The second-order valence-electron chi connectivity index (χ2n) is 11.2. The molecule has 182 valence electrons. The standard InChI is InChI=1S/C29H61N/c1-8-11-13-15-17-19-21-23-25-28(4,5)30(27-10-3)29(6,7)26-24-22-20-18-16-14-12-9-2/h8-27H2,1-7H3. The molecule has 0 aliphatic heterocycles. The zero-order valence-corrected chi connectivity index (χ0v) is 22.6. The minimum Gasteiger partial charge on any atom is -0.293 e. The summed E-state index contributed by atoms with van der Waals surface area (Å²) in [5.41, 5.74) is 0.643. The average Bonchev–Trinajstić information content (AvgIpc) is 2.69. The van der Waals surface area contributed by atoms with Crippen LogP contribution in [0.2, 0.25) is 0 Å². The van der Waals surface area contributed by atoms with E-state index in [1.54, 1.807) is 0 Å². The second kappa shape index (κ2) is 18.5. The Morgan fingerprint density at radius 1 is 0.400 bits per heavy atom. The Morgan fingerprint density at radius 3 is 1.00 bits per heavy atom. The predicted octanol–water partition coefficient (Wildman–Crippen LogP) is 10.3. The van der Waals surface area contributed by atoms with Crippen LogP contribution >= 0.6 is 0 Å². The van der Waals surface area contributed by atoms with Gasteiger partial charge in [-0.2, -0.15) is 0 Å². The van der Waals surface area contributed by atoms with Crippen LogP contribution in [0.1, 0.15) is 170 Å². The number of hydrogen-bond donors (Lipinski definition) is 0. The lowest BCUT2D eigenvalue weighted by molar-refractivity contribution is 0.00311. The number of hydrogen-bond acceptors (Lipinski definition) is 1. The lowest BCUT2D eigenvalue weighted by Gasteiger charge is -2.49. The Balaban J connectivity index is 4.27. The van der Waals surface area contributed by atoms with Gasteiger partial charge in [-0.3, -0.25) is 4.90 Å². The first kappa shape index (κ1) is 30.0. The molecule has 0 saturated heterocycles. The maximum absolute atomic E-state index is 2.86. The summed E-state index contributed by atoms with van der Waals surface area (Å²) < 4.78 is 0. The monoisotopic (exact) mass is 423 g/mol. The lowest BCUT2D eigenvalue weighted by Crippen LogP contribution is -2.55. The third kappa shape index (κ3) is 14.9. The molecule has 0 radical (unpaired) electrons. The van der Waals surface area contributed by atoms with E-state index in [4.69, 9.17) is 0 Å². The zero-order valence-electron chi connectivity index (χ0n) is 22.6. The summed E-state index contributed by atoms with van der Waals surface area (Å²) >= 11 is 0. The Bertz CT molecular complexity index is 325. The van der Waals surface area contributed by atoms with E-state index in [2.05, 4.69) is 53.4 Å². The number of rotatable bonds is 22. The predicted molar refractivity (Wildman–Crippen MR) is 140 cm³/mol. The summed E-state index contributed by atoms with van der Waals surface area (Å²) in [7, 11) is 0. The highest BCUT2D eigenvalue weighted by atomic mass is 15.2. The molecule has 0 spiro atoms. The quantitative estimate of drug-likeness (QED) is 0.156. The van der Waals surface area contributed by atoms with Gasteiger partial charge in [-0.1, -0.05) is 124 Å². The Kier molecular flexibility index (Phi) is 18.5. The summed E-state index contributed by atoms with van der Waals surface area (Å²) in [6, 6.07) is 0. The molecule has 0 aromatic rings. The largest absolute Gasteiger partial charge is 0.293 e. The lowest BCUT2D eigenvalue weighted by atomic mass is 9.85. The van der Waals surface area contributed by atoms with E-state index in [0.717, 1.165) is 0 Å². The molecule has 0 aliphatic rings. The zero-order chi connectivity index (χ0) is 22.7. The molecule has 0 heterocycles. The second-order valence-corrected chi connectivity index (χ2v) is 11.2. The van der Waals surface area contributed by atoms with Crippen LogP contribution in [0.15, 0.2) is 0 Å². The van der Waals surface area contributed by atoms with E-state index < -0.39 is 0 Å². The Hall–Kier alpha value is -0.0400. The van der Waals surface area contributed by atoms with Gasteiger partial charge in [-0.25, -0.2) is 0 Å². The SMILES string of the molecule is CCCCCCCCCCC(C)(C)N(CCC)C(C)(C)CCCCCCCCCC. The molecule has 30 heavy (non-hydrogen) atoms. The van der Waals surface area contributed by atoms with E-state index in [0.29, 0.717) is 11.1 Å². The van der Waals surface area contributed by atoms with E-state index in [9.17, 15) is 0 Å². The summed E-state index contributed by atoms with van der Waals surface area (Å²) in [4.78, 5) is 2.86. The van der Waals surface area contributed by atoms with Gasteiger partial charge in [0.15, 0.2) is 0 Å². The van der Waals surface area contributed by atoms with Crippen molar-refractivity contribution < 1.29 is 0 Å². The summed E-state index contributed by atoms with van der Waals surface area (Å²) in [5.74, 6) is 0. The molecule has 0 aliphatic carbocycles. The van der Waals surface area contributed by atoms with Gasteiger partial charge < -0.3 is 0 Å². The molecule has 0 atom stereocenters. The van der Waals surface area contributed by atoms with E-state index in [1.165, 1.54) is 129 Å². The van der Waals surface area contributed by atoms with Crippen molar-refractivity contribution in [2.24, 2.45) is 0 Å². The van der Waals surface area contributed by atoms with Crippen molar-refractivity contribution in [2.45, 2.75) is 182 Å². The van der Waals surface area contributed by atoms with E-state index >= 15 is 0 Å². The summed E-state index contributed by atoms with van der Waals surface area (Å²) in [6.45, 7) is 18.3. The fourth-order valence-corrected chi connectivity index (χ4v) is 5.30. The molecular formula is C29H61N. The maximum Gasteiger partial charge on any atom is 0.0158 e. The molecule has 1 heteroatoms. The normalized spacial score (nSPS) is 12.8. The highest BCUT2D eigenvalue weighted by Gasteiger charge is 2.36. The molecule has 0 rings (SSSR count). The van der Waals surface area contributed by atoms with Gasteiger partial charge in [0.2, 0.25) is 0 Å². The van der Waals surface area contributed by atoms with Gasteiger partial charge in [-0.05, 0) is 53.5 Å². The van der Waals surface area contributed by atoms with Gasteiger partial charge >= 0.3 is 0 Å². The first-order valence-corrected chi connectivity index (χ1v) is 14.1. The van der Waals surface area contributed by atoms with Crippen molar-refractivity contribution in [3.05, 3.63) is 0 Å². The van der Waals surface area contributed by atoms with E-state index in [-0.39, 0.29) is 0 Å². The van der Waals surface area contributed by atoms with Crippen LogP contribution in [0.5, 0.6) is 0 Å².